The molecule has 2 heterocycles. The van der Waals surface area contributed by atoms with Gasteiger partial charge >= 0.3 is 0 Å². The molecule has 0 aliphatic heterocycles. The van der Waals surface area contributed by atoms with Crippen LogP contribution in [0.3, 0.4) is 0 Å². The number of fused-ring (bicyclic) bond motifs is 1. The Bertz CT molecular complexity index is 657. The van der Waals surface area contributed by atoms with Gasteiger partial charge in [0.1, 0.15) is 5.75 Å². The predicted octanol–water partition coefficient (Wildman–Crippen LogP) is 2.52. The Morgan fingerprint density at radius 3 is 2.74 bits per heavy atom. The largest absolute Gasteiger partial charge is 0.496 e. The molecule has 19 heavy (non-hydrogen) atoms. The maximum atomic E-state index is 5.35. The molecule has 4 nitrogen and oxygen atoms in total. The molecule has 1 aromatic carbocycles. The van der Waals surface area contributed by atoms with Gasteiger partial charge in [0.2, 0.25) is 0 Å². The van der Waals surface area contributed by atoms with Crippen LogP contribution in [0.4, 0.5) is 0 Å². The van der Waals surface area contributed by atoms with Gasteiger partial charge < -0.3 is 4.74 Å². The second kappa shape index (κ2) is 5.10. The van der Waals surface area contributed by atoms with E-state index in [2.05, 4.69) is 16.1 Å². The van der Waals surface area contributed by atoms with Crippen molar-refractivity contribution in [2.24, 2.45) is 0 Å². The van der Waals surface area contributed by atoms with Gasteiger partial charge in [0, 0.05) is 12.6 Å². The van der Waals surface area contributed by atoms with Gasteiger partial charge in [-0.15, -0.1) is 0 Å². The highest BCUT2D eigenvalue weighted by molar-refractivity contribution is 5.37. The zero-order valence-electron chi connectivity index (χ0n) is 10.8. The first-order chi connectivity index (χ1) is 9.36. The number of benzene rings is 1. The highest BCUT2D eigenvalue weighted by Gasteiger charge is 2.06. The smallest absolute Gasteiger partial charge is 0.155 e. The quantitative estimate of drug-likeness (QED) is 0.717. The summed E-state index contributed by atoms with van der Waals surface area (Å²) < 4.78 is 7.15. The maximum Gasteiger partial charge on any atom is 0.155 e. The summed E-state index contributed by atoms with van der Waals surface area (Å²) in [6, 6.07) is 13.9. The summed E-state index contributed by atoms with van der Waals surface area (Å²) in [4.78, 5) is 4.49. The summed E-state index contributed by atoms with van der Waals surface area (Å²) in [5.41, 5.74) is 2.07. The zero-order chi connectivity index (χ0) is 13.1. The highest BCUT2D eigenvalue weighted by Crippen LogP contribution is 2.18. The van der Waals surface area contributed by atoms with Crippen LogP contribution in [0.1, 0.15) is 11.4 Å². The van der Waals surface area contributed by atoms with E-state index in [0.29, 0.717) is 0 Å². The van der Waals surface area contributed by atoms with E-state index in [9.17, 15) is 0 Å². The number of aromatic nitrogens is 3. The normalized spacial score (nSPS) is 10.8. The van der Waals surface area contributed by atoms with Crippen molar-refractivity contribution in [3.05, 3.63) is 60.0 Å². The van der Waals surface area contributed by atoms with Crippen LogP contribution in [0.15, 0.2) is 48.7 Å². The van der Waals surface area contributed by atoms with Crippen molar-refractivity contribution in [3.8, 4) is 5.75 Å². The fourth-order valence-corrected chi connectivity index (χ4v) is 2.14. The van der Waals surface area contributed by atoms with E-state index in [1.807, 2.05) is 42.6 Å². The number of nitrogens with zero attached hydrogens (tertiary/aromatic N) is 3. The van der Waals surface area contributed by atoms with Crippen LogP contribution in [-0.2, 0) is 12.8 Å². The van der Waals surface area contributed by atoms with Gasteiger partial charge in [0.15, 0.2) is 11.5 Å². The minimum atomic E-state index is 0.808. The first kappa shape index (κ1) is 11.7. The number of rotatable bonds is 4. The number of hydrogen-bond donors (Lipinski definition) is 0. The number of aryl methyl sites for hydroxylation is 2. The number of ether oxygens (including phenoxy) is 1. The number of pyridine rings is 1. The molecule has 3 aromatic rings. The van der Waals surface area contributed by atoms with Gasteiger partial charge in [-0.1, -0.05) is 24.3 Å². The Labute approximate surface area is 111 Å². The van der Waals surface area contributed by atoms with Crippen LogP contribution >= 0.6 is 0 Å². The molecule has 0 saturated carbocycles. The Hall–Kier alpha value is -2.36. The standard InChI is InChI=1S/C15H15N3O/c1-19-13-7-3-2-6-12(13)9-10-14-16-15-8-4-5-11-18(15)17-14/h2-8,11H,9-10H2,1H3. The maximum absolute atomic E-state index is 5.35. The van der Waals surface area contributed by atoms with Crippen LogP contribution in [0, 0.1) is 0 Å². The van der Waals surface area contributed by atoms with E-state index in [4.69, 9.17) is 4.74 Å². The summed E-state index contributed by atoms with van der Waals surface area (Å²) in [5.74, 6) is 1.78. The second-order valence-corrected chi connectivity index (χ2v) is 4.34. The van der Waals surface area contributed by atoms with E-state index >= 15 is 0 Å². The summed E-state index contributed by atoms with van der Waals surface area (Å²) in [6.45, 7) is 0. The van der Waals surface area contributed by atoms with E-state index in [0.717, 1.165) is 30.1 Å². The van der Waals surface area contributed by atoms with E-state index < -0.39 is 0 Å². The molecule has 0 fully saturated rings. The molecule has 0 aliphatic carbocycles. The number of methoxy groups -OCH3 is 1. The van der Waals surface area contributed by atoms with Crippen LogP contribution in [0.5, 0.6) is 5.75 Å². The monoisotopic (exact) mass is 253 g/mol. The Morgan fingerprint density at radius 1 is 1.05 bits per heavy atom. The van der Waals surface area contributed by atoms with Crippen molar-refractivity contribution in [2.75, 3.05) is 7.11 Å². The molecular formula is C15H15N3O. The van der Waals surface area contributed by atoms with Gasteiger partial charge in [-0.2, -0.15) is 5.10 Å². The van der Waals surface area contributed by atoms with Crippen LogP contribution in [0.2, 0.25) is 0 Å². The van der Waals surface area contributed by atoms with Crippen LogP contribution in [0.25, 0.3) is 5.65 Å². The molecule has 0 atom stereocenters. The van der Waals surface area contributed by atoms with Crippen molar-refractivity contribution in [2.45, 2.75) is 12.8 Å². The SMILES string of the molecule is COc1ccccc1CCc1nc2ccccn2n1. The lowest BCUT2D eigenvalue weighted by Crippen LogP contribution is -1.97. The third kappa shape index (κ3) is 2.42. The summed E-state index contributed by atoms with van der Waals surface area (Å²) in [5, 5.41) is 4.45. The van der Waals surface area contributed by atoms with Crippen molar-refractivity contribution in [1.29, 1.82) is 0 Å². The van der Waals surface area contributed by atoms with E-state index in [1.165, 1.54) is 5.56 Å². The van der Waals surface area contributed by atoms with Gasteiger partial charge in [-0.25, -0.2) is 9.50 Å². The van der Waals surface area contributed by atoms with Crippen LogP contribution in [-0.4, -0.2) is 21.7 Å². The average Bonchev–Trinajstić information content (AvgIpc) is 2.88. The molecule has 0 saturated heterocycles. The molecule has 3 rings (SSSR count). The van der Waals surface area contributed by atoms with Gasteiger partial charge in [-0.3, -0.25) is 0 Å². The lowest BCUT2D eigenvalue weighted by molar-refractivity contribution is 0.409. The minimum absolute atomic E-state index is 0.808. The first-order valence-corrected chi connectivity index (χ1v) is 6.29. The molecule has 0 spiro atoms. The molecule has 0 radical (unpaired) electrons. The Kier molecular flexibility index (Phi) is 3.14. The molecule has 0 aliphatic rings. The van der Waals surface area contributed by atoms with Crippen molar-refractivity contribution < 1.29 is 4.74 Å². The van der Waals surface area contributed by atoms with Gasteiger partial charge in [0.05, 0.1) is 7.11 Å². The summed E-state index contributed by atoms with van der Waals surface area (Å²) >= 11 is 0. The molecule has 0 N–H and O–H groups in total. The third-order valence-corrected chi connectivity index (χ3v) is 3.10. The molecular weight excluding hydrogens is 238 g/mol. The lowest BCUT2D eigenvalue weighted by atomic mass is 10.1. The molecule has 0 amide bonds. The average molecular weight is 253 g/mol. The number of para-hydroxylation sites is 1. The predicted molar refractivity (Wildman–Crippen MR) is 73.4 cm³/mol. The fourth-order valence-electron chi connectivity index (χ4n) is 2.14. The topological polar surface area (TPSA) is 39.4 Å². The van der Waals surface area contributed by atoms with E-state index in [1.54, 1.807) is 11.6 Å². The lowest BCUT2D eigenvalue weighted by Gasteiger charge is -2.06. The molecule has 4 heteroatoms. The highest BCUT2D eigenvalue weighted by atomic mass is 16.5. The second-order valence-electron chi connectivity index (χ2n) is 4.34. The fraction of sp³-hybridized carbons (Fsp3) is 0.200. The summed E-state index contributed by atoms with van der Waals surface area (Å²) in [6.07, 6.45) is 3.60. The first-order valence-electron chi connectivity index (χ1n) is 6.29. The minimum Gasteiger partial charge on any atom is -0.496 e. The van der Waals surface area contributed by atoms with Crippen molar-refractivity contribution in [1.82, 2.24) is 14.6 Å². The molecule has 0 unspecified atom stereocenters. The third-order valence-electron chi connectivity index (χ3n) is 3.10. The van der Waals surface area contributed by atoms with Gasteiger partial charge in [-0.05, 0) is 30.2 Å². The molecule has 96 valence electrons. The van der Waals surface area contributed by atoms with Gasteiger partial charge in [0.25, 0.3) is 0 Å². The van der Waals surface area contributed by atoms with Crippen molar-refractivity contribution in [3.63, 3.8) is 0 Å². The number of hydrogen-bond acceptors (Lipinski definition) is 3. The Balaban J connectivity index is 1.78. The van der Waals surface area contributed by atoms with E-state index in [-0.39, 0.29) is 0 Å². The van der Waals surface area contributed by atoms with Crippen molar-refractivity contribution >= 4 is 5.65 Å². The van der Waals surface area contributed by atoms with Crippen LogP contribution < -0.4 is 4.74 Å². The summed E-state index contributed by atoms with van der Waals surface area (Å²) in [7, 11) is 1.70. The Morgan fingerprint density at radius 2 is 1.89 bits per heavy atom. The zero-order valence-corrected chi connectivity index (χ0v) is 10.8. The molecule has 2 aromatic heterocycles. The molecule has 0 bridgehead atoms.